The zero-order chi connectivity index (χ0) is 13.6. The van der Waals surface area contributed by atoms with Crippen LogP contribution in [0.15, 0.2) is 21.5 Å². The third-order valence-electron chi connectivity index (χ3n) is 3.18. The fourth-order valence-corrected chi connectivity index (χ4v) is 4.07. The van der Waals surface area contributed by atoms with Crippen molar-refractivity contribution in [3.05, 3.63) is 22.4 Å². The number of anilines is 1. The minimum Gasteiger partial charge on any atom is -0.398 e. The van der Waals surface area contributed by atoms with E-state index in [0.29, 0.717) is 0 Å². The van der Waals surface area contributed by atoms with Crippen molar-refractivity contribution < 1.29 is 12.8 Å². The van der Waals surface area contributed by atoms with Crippen LogP contribution >= 0.6 is 15.9 Å². The van der Waals surface area contributed by atoms with E-state index in [2.05, 4.69) is 20.7 Å². The SMILES string of the molecule is CC1(NS(=O)(=O)c2cc(Br)c(F)cc2N)CCC1. The quantitative estimate of drug-likeness (QED) is 0.832. The van der Waals surface area contributed by atoms with Gasteiger partial charge < -0.3 is 5.73 Å². The number of rotatable bonds is 3. The van der Waals surface area contributed by atoms with Crippen LogP contribution in [0.25, 0.3) is 0 Å². The molecule has 0 unspecified atom stereocenters. The largest absolute Gasteiger partial charge is 0.398 e. The van der Waals surface area contributed by atoms with E-state index in [9.17, 15) is 12.8 Å². The van der Waals surface area contributed by atoms with E-state index in [1.807, 2.05) is 6.92 Å². The van der Waals surface area contributed by atoms with Gasteiger partial charge in [0.2, 0.25) is 10.0 Å². The summed E-state index contributed by atoms with van der Waals surface area (Å²) in [6, 6.07) is 2.19. The Morgan fingerprint density at radius 1 is 1.44 bits per heavy atom. The number of hydrogen-bond donors (Lipinski definition) is 2. The maximum absolute atomic E-state index is 13.2. The Balaban J connectivity index is 2.38. The first-order valence-corrected chi connectivity index (χ1v) is 7.80. The molecule has 18 heavy (non-hydrogen) atoms. The standard InChI is InChI=1S/C11H14BrFN2O2S/c1-11(3-2-4-11)15-18(16,17)10-5-7(12)8(13)6-9(10)14/h5-6,15H,2-4,14H2,1H3. The highest BCUT2D eigenvalue weighted by Crippen LogP contribution is 2.34. The summed E-state index contributed by atoms with van der Waals surface area (Å²) < 4.78 is 40.3. The lowest BCUT2D eigenvalue weighted by Gasteiger charge is -2.38. The molecule has 0 amide bonds. The summed E-state index contributed by atoms with van der Waals surface area (Å²) in [7, 11) is -3.72. The van der Waals surface area contributed by atoms with Gasteiger partial charge >= 0.3 is 0 Å². The van der Waals surface area contributed by atoms with Crippen molar-refractivity contribution in [2.45, 2.75) is 36.6 Å². The summed E-state index contributed by atoms with van der Waals surface area (Å²) >= 11 is 2.96. The number of nitrogens with two attached hydrogens (primary N) is 1. The van der Waals surface area contributed by atoms with Gasteiger partial charge in [0.15, 0.2) is 0 Å². The molecule has 0 atom stereocenters. The molecule has 1 aromatic rings. The van der Waals surface area contributed by atoms with Crippen molar-refractivity contribution in [2.24, 2.45) is 0 Å². The maximum Gasteiger partial charge on any atom is 0.243 e. The third-order valence-corrected chi connectivity index (χ3v) is 5.48. The number of sulfonamides is 1. The second kappa shape index (κ2) is 4.47. The molecule has 0 aliphatic heterocycles. The van der Waals surface area contributed by atoms with Gasteiger partial charge in [-0.1, -0.05) is 0 Å². The van der Waals surface area contributed by atoms with E-state index in [0.717, 1.165) is 25.3 Å². The average molecular weight is 337 g/mol. The maximum atomic E-state index is 13.2. The van der Waals surface area contributed by atoms with Gasteiger partial charge in [0.25, 0.3) is 0 Å². The molecule has 0 heterocycles. The van der Waals surface area contributed by atoms with Crippen LogP contribution in [0.5, 0.6) is 0 Å². The van der Waals surface area contributed by atoms with E-state index >= 15 is 0 Å². The topological polar surface area (TPSA) is 72.2 Å². The second-order valence-corrected chi connectivity index (χ2v) is 7.33. The van der Waals surface area contributed by atoms with Crippen molar-refractivity contribution in [1.82, 2.24) is 4.72 Å². The Labute approximate surface area is 114 Å². The van der Waals surface area contributed by atoms with Crippen molar-refractivity contribution in [2.75, 3.05) is 5.73 Å². The minimum atomic E-state index is -3.72. The van der Waals surface area contributed by atoms with Crippen molar-refractivity contribution in [3.8, 4) is 0 Å². The summed E-state index contributed by atoms with van der Waals surface area (Å²) in [5.74, 6) is -0.582. The predicted octanol–water partition coefficient (Wildman–Crippen LogP) is 2.39. The second-order valence-electron chi connectivity index (χ2n) is 4.82. The Kier molecular flexibility index (Phi) is 3.42. The number of nitrogen functional groups attached to an aromatic ring is 1. The van der Waals surface area contributed by atoms with Crippen LogP contribution in [0.3, 0.4) is 0 Å². The van der Waals surface area contributed by atoms with Crippen molar-refractivity contribution >= 4 is 31.6 Å². The van der Waals surface area contributed by atoms with Crippen molar-refractivity contribution in [1.29, 1.82) is 0 Å². The molecule has 0 saturated heterocycles. The normalized spacial score (nSPS) is 18.4. The Morgan fingerprint density at radius 2 is 2.06 bits per heavy atom. The van der Waals surface area contributed by atoms with Crippen LogP contribution in [-0.2, 0) is 10.0 Å². The number of halogens is 2. The minimum absolute atomic E-state index is 0.0795. The molecule has 2 rings (SSSR count). The zero-order valence-corrected chi connectivity index (χ0v) is 12.2. The highest BCUT2D eigenvalue weighted by atomic mass is 79.9. The lowest BCUT2D eigenvalue weighted by Crippen LogP contribution is -2.50. The van der Waals surface area contributed by atoms with Gasteiger partial charge in [-0.3, -0.25) is 0 Å². The van der Waals surface area contributed by atoms with E-state index in [-0.39, 0.29) is 15.1 Å². The number of nitrogens with one attached hydrogen (secondary N) is 1. The molecule has 4 nitrogen and oxygen atoms in total. The molecule has 0 bridgehead atoms. The van der Waals surface area contributed by atoms with Crippen LogP contribution in [0.2, 0.25) is 0 Å². The summed E-state index contributed by atoms with van der Waals surface area (Å²) in [6.07, 6.45) is 2.60. The third kappa shape index (κ3) is 2.53. The van der Waals surface area contributed by atoms with Crippen LogP contribution in [0.4, 0.5) is 10.1 Å². The molecule has 1 aliphatic rings. The monoisotopic (exact) mass is 336 g/mol. The molecule has 3 N–H and O–H groups in total. The Hall–Kier alpha value is -0.660. The van der Waals surface area contributed by atoms with E-state index in [4.69, 9.17) is 5.73 Å². The van der Waals surface area contributed by atoms with E-state index in [1.54, 1.807) is 0 Å². The highest BCUT2D eigenvalue weighted by Gasteiger charge is 2.36. The van der Waals surface area contributed by atoms with Crippen LogP contribution < -0.4 is 10.5 Å². The van der Waals surface area contributed by atoms with Gasteiger partial charge in [0.1, 0.15) is 10.7 Å². The van der Waals surface area contributed by atoms with Crippen LogP contribution in [0, 0.1) is 5.82 Å². The first-order chi connectivity index (χ1) is 8.23. The van der Waals surface area contributed by atoms with E-state index < -0.39 is 21.4 Å². The van der Waals surface area contributed by atoms with Gasteiger partial charge in [0, 0.05) is 5.54 Å². The van der Waals surface area contributed by atoms with Gasteiger partial charge in [0.05, 0.1) is 10.2 Å². The van der Waals surface area contributed by atoms with Crippen LogP contribution in [-0.4, -0.2) is 14.0 Å². The van der Waals surface area contributed by atoms with Gasteiger partial charge in [-0.15, -0.1) is 0 Å². The summed E-state index contributed by atoms with van der Waals surface area (Å²) in [5, 5.41) is 0. The van der Waals surface area contributed by atoms with Gasteiger partial charge in [-0.05, 0) is 54.2 Å². The van der Waals surface area contributed by atoms with Gasteiger partial charge in [-0.25, -0.2) is 17.5 Å². The molecule has 1 saturated carbocycles. The molecule has 1 aromatic carbocycles. The molecule has 1 fully saturated rings. The predicted molar refractivity (Wildman–Crippen MR) is 71.1 cm³/mol. The Morgan fingerprint density at radius 3 is 2.56 bits per heavy atom. The molecule has 1 aliphatic carbocycles. The summed E-state index contributed by atoms with van der Waals surface area (Å²) in [5.41, 5.74) is 5.07. The summed E-state index contributed by atoms with van der Waals surface area (Å²) in [4.78, 5) is -0.0936. The first-order valence-electron chi connectivity index (χ1n) is 5.52. The van der Waals surface area contributed by atoms with Crippen molar-refractivity contribution in [3.63, 3.8) is 0 Å². The lowest BCUT2D eigenvalue weighted by molar-refractivity contribution is 0.248. The van der Waals surface area contributed by atoms with E-state index in [1.165, 1.54) is 6.07 Å². The highest BCUT2D eigenvalue weighted by molar-refractivity contribution is 9.10. The smallest absolute Gasteiger partial charge is 0.243 e. The molecule has 7 heteroatoms. The molecule has 0 radical (unpaired) electrons. The fourth-order valence-electron chi connectivity index (χ4n) is 1.97. The molecule has 0 spiro atoms. The Bertz CT molecular complexity index is 585. The number of benzene rings is 1. The fraction of sp³-hybridized carbons (Fsp3) is 0.455. The molecular formula is C11H14BrFN2O2S. The summed E-state index contributed by atoms with van der Waals surface area (Å²) in [6.45, 7) is 1.85. The lowest BCUT2D eigenvalue weighted by atomic mass is 9.80. The zero-order valence-electron chi connectivity index (χ0n) is 9.83. The number of hydrogen-bond acceptors (Lipinski definition) is 3. The average Bonchev–Trinajstić information content (AvgIpc) is 2.20. The molecule has 100 valence electrons. The molecular weight excluding hydrogens is 323 g/mol. The van der Waals surface area contributed by atoms with Gasteiger partial charge in [-0.2, -0.15) is 0 Å². The van der Waals surface area contributed by atoms with Crippen LogP contribution in [0.1, 0.15) is 26.2 Å². The first kappa shape index (κ1) is 13.8. The molecule has 0 aromatic heterocycles.